The molecule has 0 saturated carbocycles. The first-order chi connectivity index (χ1) is 5.54. The van der Waals surface area contributed by atoms with Crippen LogP contribution in [0.4, 0.5) is 0 Å². The summed E-state index contributed by atoms with van der Waals surface area (Å²) in [6.45, 7) is 8.59. The Morgan fingerprint density at radius 2 is 1.25 bits per heavy atom. The first kappa shape index (κ1) is 12.3. The van der Waals surface area contributed by atoms with Crippen LogP contribution in [0, 0.1) is 0 Å². The Morgan fingerprint density at radius 1 is 0.917 bits per heavy atom. The second kappa shape index (κ2) is 4.52. The van der Waals surface area contributed by atoms with Gasteiger partial charge < -0.3 is 0 Å². The Hall–Kier alpha value is 0.310. The van der Waals surface area contributed by atoms with Crippen LogP contribution in [0.15, 0.2) is 0 Å². The van der Waals surface area contributed by atoms with Crippen LogP contribution in [0.5, 0.6) is 0 Å². The molecule has 0 amide bonds. The Kier molecular flexibility index (Phi) is 4.64. The summed E-state index contributed by atoms with van der Waals surface area (Å²) < 4.78 is 10.8. The zero-order valence-electron chi connectivity index (χ0n) is 8.54. The second-order valence-corrected chi connectivity index (χ2v) is 7.03. The molecule has 0 radical (unpaired) electrons. The van der Waals surface area contributed by atoms with Gasteiger partial charge in [-0.3, -0.25) is 0 Å². The van der Waals surface area contributed by atoms with E-state index in [2.05, 4.69) is 0 Å². The Balaban J connectivity index is 4.50. The molecule has 0 unspecified atom stereocenters. The molecule has 0 heterocycles. The molecular weight excluding hydrogens is 175 g/mol. The van der Waals surface area contributed by atoms with Gasteiger partial charge in [0.15, 0.2) is 0 Å². The molecule has 0 aliphatic heterocycles. The van der Waals surface area contributed by atoms with Crippen LogP contribution >= 0.6 is 7.28 Å². The fourth-order valence-corrected chi connectivity index (χ4v) is 3.64. The van der Waals surface area contributed by atoms with Crippen LogP contribution in [0.25, 0.3) is 0 Å². The summed E-state index contributed by atoms with van der Waals surface area (Å²) in [5.41, 5.74) is 0. The van der Waals surface area contributed by atoms with Crippen molar-refractivity contribution in [2.75, 3.05) is 25.5 Å². The van der Waals surface area contributed by atoms with E-state index in [1.165, 1.54) is 0 Å². The van der Waals surface area contributed by atoms with Crippen molar-refractivity contribution in [1.29, 1.82) is 0 Å². The van der Waals surface area contributed by atoms with Gasteiger partial charge in [0.1, 0.15) is 0 Å². The van der Waals surface area contributed by atoms with Gasteiger partial charge in [-0.2, -0.15) is 0 Å². The number of hydrogen-bond acceptors (Lipinski definition) is 3. The average molecular weight is 196 g/mol. The van der Waals surface area contributed by atoms with Crippen LogP contribution in [0.3, 0.4) is 0 Å². The van der Waals surface area contributed by atoms with Gasteiger partial charge in [-0.25, -0.2) is 0 Å². The predicted molar refractivity (Wildman–Crippen MR) is 53.5 cm³/mol. The van der Waals surface area contributed by atoms with Crippen molar-refractivity contribution in [2.24, 2.45) is 0 Å². The van der Waals surface area contributed by atoms with Crippen molar-refractivity contribution >= 4 is 7.28 Å². The molecule has 12 heavy (non-hydrogen) atoms. The van der Waals surface area contributed by atoms with Gasteiger partial charge in [-0.15, -0.1) is 0 Å². The minimum atomic E-state index is -3.21. The van der Waals surface area contributed by atoms with Crippen molar-refractivity contribution in [2.45, 2.75) is 27.7 Å². The summed E-state index contributed by atoms with van der Waals surface area (Å²) in [5, 5.41) is 0. The molecule has 0 bridgehead atoms. The summed E-state index contributed by atoms with van der Waals surface area (Å²) in [4.78, 5) is 10.3. The minimum absolute atomic E-state index is 0.510. The molecular formula is C8H21O3P. The molecule has 4 heteroatoms. The molecule has 0 spiro atoms. The van der Waals surface area contributed by atoms with Crippen molar-refractivity contribution in [3.63, 3.8) is 0 Å². The van der Waals surface area contributed by atoms with Gasteiger partial charge in [0.25, 0.3) is 0 Å². The van der Waals surface area contributed by atoms with E-state index in [1.807, 2.05) is 27.7 Å². The van der Waals surface area contributed by atoms with Gasteiger partial charge in [0, 0.05) is 0 Å². The number of hydrogen-bond donors (Lipinski definition) is 1. The van der Waals surface area contributed by atoms with Crippen molar-refractivity contribution in [3.05, 3.63) is 0 Å². The van der Waals surface area contributed by atoms with Crippen LogP contribution in [-0.4, -0.2) is 30.4 Å². The topological polar surface area (TPSA) is 38.7 Å². The molecule has 0 aliphatic carbocycles. The Morgan fingerprint density at radius 3 is 1.42 bits per heavy atom. The zero-order valence-corrected chi connectivity index (χ0v) is 9.43. The SMILES string of the molecule is CCOP(O)(CC)(CC)OCC. The van der Waals surface area contributed by atoms with Crippen molar-refractivity contribution in [1.82, 2.24) is 0 Å². The average Bonchev–Trinajstić information content (AvgIpc) is 2.06. The zero-order chi connectivity index (χ0) is 9.69. The standard InChI is InChI=1S/C8H21O3P/c1-5-10-12(9,7-3,8-4)11-6-2/h9H,5-8H2,1-4H3. The molecule has 3 nitrogen and oxygen atoms in total. The van der Waals surface area contributed by atoms with E-state index in [1.54, 1.807) is 0 Å². The summed E-state index contributed by atoms with van der Waals surface area (Å²) in [5.74, 6) is 0. The van der Waals surface area contributed by atoms with Crippen LogP contribution in [0.1, 0.15) is 27.7 Å². The van der Waals surface area contributed by atoms with E-state index in [4.69, 9.17) is 9.05 Å². The molecule has 0 aliphatic rings. The Labute approximate surface area is 75.2 Å². The van der Waals surface area contributed by atoms with Gasteiger partial charge >= 0.3 is 74.5 Å². The fraction of sp³-hybridized carbons (Fsp3) is 1.00. The molecule has 0 fully saturated rings. The molecule has 76 valence electrons. The Bertz CT molecular complexity index is 124. The summed E-state index contributed by atoms with van der Waals surface area (Å²) in [7, 11) is -3.21. The maximum atomic E-state index is 10.3. The summed E-state index contributed by atoms with van der Waals surface area (Å²) in [6, 6.07) is 0. The van der Waals surface area contributed by atoms with Gasteiger partial charge in [-0.1, -0.05) is 0 Å². The third-order valence-corrected chi connectivity index (χ3v) is 6.27. The van der Waals surface area contributed by atoms with Crippen LogP contribution in [-0.2, 0) is 9.05 Å². The van der Waals surface area contributed by atoms with E-state index in [-0.39, 0.29) is 0 Å². The van der Waals surface area contributed by atoms with Gasteiger partial charge in [0.2, 0.25) is 0 Å². The van der Waals surface area contributed by atoms with E-state index in [0.717, 1.165) is 0 Å². The predicted octanol–water partition coefficient (Wildman–Crippen LogP) is 2.39. The third-order valence-electron chi connectivity index (χ3n) is 2.09. The molecule has 0 aromatic rings. The molecule has 0 aromatic heterocycles. The van der Waals surface area contributed by atoms with Gasteiger partial charge in [-0.05, 0) is 0 Å². The summed E-state index contributed by atoms with van der Waals surface area (Å²) in [6.07, 6.45) is 1.15. The van der Waals surface area contributed by atoms with E-state index < -0.39 is 7.28 Å². The fourth-order valence-electron chi connectivity index (χ4n) is 1.21. The molecule has 0 saturated heterocycles. The first-order valence-electron chi connectivity index (χ1n) is 4.60. The third kappa shape index (κ3) is 2.67. The second-order valence-electron chi connectivity index (χ2n) is 2.73. The summed E-state index contributed by atoms with van der Waals surface area (Å²) >= 11 is 0. The molecule has 0 atom stereocenters. The van der Waals surface area contributed by atoms with Crippen molar-refractivity contribution < 1.29 is 13.9 Å². The van der Waals surface area contributed by atoms with E-state index in [0.29, 0.717) is 25.5 Å². The molecule has 1 N–H and O–H groups in total. The van der Waals surface area contributed by atoms with Crippen LogP contribution < -0.4 is 0 Å². The monoisotopic (exact) mass is 196 g/mol. The van der Waals surface area contributed by atoms with E-state index >= 15 is 0 Å². The normalized spacial score (nSPS) is 15.6. The molecule has 0 rings (SSSR count). The molecule has 0 aromatic carbocycles. The van der Waals surface area contributed by atoms with Crippen LogP contribution in [0.2, 0.25) is 0 Å². The number of rotatable bonds is 6. The maximum absolute atomic E-state index is 10.3. The van der Waals surface area contributed by atoms with E-state index in [9.17, 15) is 4.89 Å². The van der Waals surface area contributed by atoms with Crippen molar-refractivity contribution in [3.8, 4) is 0 Å². The first-order valence-corrected chi connectivity index (χ1v) is 7.00. The van der Waals surface area contributed by atoms with Gasteiger partial charge in [0.05, 0.1) is 0 Å². The quantitative estimate of drug-likeness (QED) is 0.663.